The molecule has 6 heteroatoms. The van der Waals surface area contributed by atoms with E-state index in [2.05, 4.69) is 27.9 Å². The summed E-state index contributed by atoms with van der Waals surface area (Å²) >= 11 is 2.16. The number of carbonyl (C=O) groups is 1. The minimum atomic E-state index is -0.546. The van der Waals surface area contributed by atoms with Gasteiger partial charge in [-0.1, -0.05) is 12.1 Å². The van der Waals surface area contributed by atoms with Crippen molar-refractivity contribution in [1.29, 1.82) is 0 Å². The maximum absolute atomic E-state index is 12.2. The van der Waals surface area contributed by atoms with Crippen molar-refractivity contribution in [3.8, 4) is 0 Å². The van der Waals surface area contributed by atoms with Crippen LogP contribution in [-0.4, -0.2) is 10.8 Å². The van der Waals surface area contributed by atoms with E-state index < -0.39 is 10.8 Å². The summed E-state index contributed by atoms with van der Waals surface area (Å²) in [5.41, 5.74) is 1.08. The molecule has 2 aromatic rings. The number of amides is 1. The second-order valence-electron chi connectivity index (χ2n) is 4.19. The first kappa shape index (κ1) is 14.4. The Bertz CT molecular complexity index is 669. The molecule has 0 unspecified atom stereocenters. The molecule has 1 amide bonds. The van der Waals surface area contributed by atoms with Gasteiger partial charge in [-0.25, -0.2) is 0 Å². The van der Waals surface area contributed by atoms with Crippen LogP contribution in [0.4, 0.5) is 11.4 Å². The molecule has 0 aromatic heterocycles. The topological polar surface area (TPSA) is 72.2 Å². The number of anilines is 1. The quantitative estimate of drug-likeness (QED) is 0.499. The fourth-order valence-electron chi connectivity index (χ4n) is 1.83. The van der Waals surface area contributed by atoms with Crippen LogP contribution < -0.4 is 5.32 Å². The van der Waals surface area contributed by atoms with Crippen LogP contribution >= 0.6 is 22.6 Å². The Balaban J connectivity index is 2.34. The molecule has 0 radical (unpaired) electrons. The van der Waals surface area contributed by atoms with Gasteiger partial charge in [-0.15, -0.1) is 0 Å². The number of aryl methyl sites for hydroxylation is 1. The zero-order valence-corrected chi connectivity index (χ0v) is 12.7. The van der Waals surface area contributed by atoms with E-state index in [0.717, 1.165) is 3.57 Å². The second-order valence-corrected chi connectivity index (χ2v) is 5.43. The van der Waals surface area contributed by atoms with Gasteiger partial charge in [0.15, 0.2) is 0 Å². The molecule has 20 heavy (non-hydrogen) atoms. The summed E-state index contributed by atoms with van der Waals surface area (Å²) in [5, 5.41) is 13.7. The fraction of sp³-hybridized carbons (Fsp3) is 0.0714. The van der Waals surface area contributed by atoms with Crippen molar-refractivity contribution >= 4 is 39.9 Å². The zero-order valence-electron chi connectivity index (χ0n) is 10.6. The molecule has 0 atom stereocenters. The highest BCUT2D eigenvalue weighted by Crippen LogP contribution is 2.23. The Morgan fingerprint density at radius 3 is 2.45 bits per heavy atom. The van der Waals surface area contributed by atoms with Crippen LogP contribution in [0.3, 0.4) is 0 Å². The first-order valence-electron chi connectivity index (χ1n) is 5.80. The van der Waals surface area contributed by atoms with Gasteiger partial charge in [-0.2, -0.15) is 0 Å². The normalized spacial score (nSPS) is 10.1. The van der Waals surface area contributed by atoms with Gasteiger partial charge in [0, 0.05) is 15.3 Å². The van der Waals surface area contributed by atoms with Crippen molar-refractivity contribution in [1.82, 2.24) is 0 Å². The van der Waals surface area contributed by atoms with Gasteiger partial charge in [-0.05, 0) is 59.3 Å². The summed E-state index contributed by atoms with van der Waals surface area (Å²) in [4.78, 5) is 22.7. The second kappa shape index (κ2) is 6.00. The summed E-state index contributed by atoms with van der Waals surface area (Å²) in [5.74, 6) is -0.476. The Morgan fingerprint density at radius 1 is 1.20 bits per heavy atom. The third kappa shape index (κ3) is 3.13. The van der Waals surface area contributed by atoms with Crippen LogP contribution in [0.1, 0.15) is 15.9 Å². The van der Waals surface area contributed by atoms with Gasteiger partial charge >= 0.3 is 0 Å². The number of nitro benzene ring substituents is 1. The van der Waals surface area contributed by atoms with Crippen molar-refractivity contribution < 1.29 is 9.72 Å². The van der Waals surface area contributed by atoms with E-state index in [4.69, 9.17) is 0 Å². The first-order valence-corrected chi connectivity index (χ1v) is 6.88. The lowest BCUT2D eigenvalue weighted by Crippen LogP contribution is -2.15. The molecular weight excluding hydrogens is 371 g/mol. The molecule has 0 heterocycles. The molecule has 0 aliphatic rings. The van der Waals surface area contributed by atoms with Gasteiger partial charge in [0.05, 0.1) is 4.92 Å². The third-order valence-electron chi connectivity index (χ3n) is 2.78. The van der Waals surface area contributed by atoms with E-state index >= 15 is 0 Å². The molecule has 1 N–H and O–H groups in total. The summed E-state index contributed by atoms with van der Waals surface area (Å²) in [7, 11) is 0. The van der Waals surface area contributed by atoms with Gasteiger partial charge in [0.1, 0.15) is 5.56 Å². The van der Waals surface area contributed by atoms with Gasteiger partial charge in [-0.3, -0.25) is 14.9 Å². The number of nitrogens with zero attached hydrogens (tertiary/aromatic N) is 1. The van der Waals surface area contributed by atoms with Crippen molar-refractivity contribution in [2.45, 2.75) is 6.92 Å². The number of carbonyl (C=O) groups excluding carboxylic acids is 1. The summed E-state index contributed by atoms with van der Waals surface area (Å²) < 4.78 is 1.04. The third-order valence-corrected chi connectivity index (χ3v) is 3.50. The molecule has 0 saturated carbocycles. The molecule has 5 nitrogen and oxygen atoms in total. The van der Waals surface area contributed by atoms with E-state index in [9.17, 15) is 14.9 Å². The lowest BCUT2D eigenvalue weighted by molar-refractivity contribution is -0.385. The van der Waals surface area contributed by atoms with E-state index in [0.29, 0.717) is 11.3 Å². The number of hydrogen-bond donors (Lipinski definition) is 1. The standard InChI is InChI=1S/C14H11IN2O3/c1-9-3-2-4-12(17(19)20)13(9)14(18)16-11-7-5-10(15)6-8-11/h2-8H,1H3,(H,16,18). The lowest BCUT2D eigenvalue weighted by Gasteiger charge is -2.08. The van der Waals surface area contributed by atoms with Crippen molar-refractivity contribution in [2.75, 3.05) is 5.32 Å². The van der Waals surface area contributed by atoms with E-state index in [1.165, 1.54) is 6.07 Å². The minimum absolute atomic E-state index is 0.0936. The van der Waals surface area contributed by atoms with Crippen LogP contribution in [0, 0.1) is 20.6 Å². The molecule has 0 bridgehead atoms. The minimum Gasteiger partial charge on any atom is -0.322 e. The molecule has 0 fully saturated rings. The van der Waals surface area contributed by atoms with Crippen LogP contribution in [0.5, 0.6) is 0 Å². The van der Waals surface area contributed by atoms with Crippen molar-refractivity contribution in [3.05, 3.63) is 67.3 Å². The Hall–Kier alpha value is -1.96. The van der Waals surface area contributed by atoms with Crippen LogP contribution in [0.2, 0.25) is 0 Å². The Labute approximate surface area is 129 Å². The highest BCUT2D eigenvalue weighted by molar-refractivity contribution is 14.1. The average Bonchev–Trinajstić information content (AvgIpc) is 2.40. The maximum Gasteiger partial charge on any atom is 0.282 e. The highest BCUT2D eigenvalue weighted by Gasteiger charge is 2.22. The highest BCUT2D eigenvalue weighted by atomic mass is 127. The molecule has 0 saturated heterocycles. The van der Waals surface area contributed by atoms with E-state index in [-0.39, 0.29) is 11.3 Å². The predicted octanol–water partition coefficient (Wildman–Crippen LogP) is 3.76. The number of nitrogens with one attached hydrogen (secondary N) is 1. The SMILES string of the molecule is Cc1cccc([N+](=O)[O-])c1C(=O)Nc1ccc(I)cc1. The van der Waals surface area contributed by atoms with Crippen LogP contribution in [-0.2, 0) is 0 Å². The largest absolute Gasteiger partial charge is 0.322 e. The summed E-state index contributed by atoms with van der Waals surface area (Å²) in [6.45, 7) is 1.68. The van der Waals surface area contributed by atoms with Gasteiger partial charge in [0.2, 0.25) is 0 Å². The van der Waals surface area contributed by atoms with Crippen LogP contribution in [0.25, 0.3) is 0 Å². The molecule has 102 valence electrons. The number of hydrogen-bond acceptors (Lipinski definition) is 3. The molecule has 0 aliphatic heterocycles. The molecular formula is C14H11IN2O3. The number of rotatable bonds is 3. The summed E-state index contributed by atoms with van der Waals surface area (Å²) in [6, 6.07) is 11.8. The molecule has 2 rings (SSSR count). The molecule has 0 aliphatic carbocycles. The zero-order chi connectivity index (χ0) is 14.7. The van der Waals surface area contributed by atoms with Crippen LogP contribution in [0.15, 0.2) is 42.5 Å². The van der Waals surface area contributed by atoms with Crippen molar-refractivity contribution in [3.63, 3.8) is 0 Å². The molecule has 0 spiro atoms. The van der Waals surface area contributed by atoms with Gasteiger partial charge < -0.3 is 5.32 Å². The Kier molecular flexibility index (Phi) is 4.33. The number of benzene rings is 2. The first-order chi connectivity index (χ1) is 9.49. The van der Waals surface area contributed by atoms with Crippen molar-refractivity contribution in [2.24, 2.45) is 0 Å². The average molecular weight is 382 g/mol. The smallest absolute Gasteiger partial charge is 0.282 e. The predicted molar refractivity (Wildman–Crippen MR) is 84.9 cm³/mol. The fourth-order valence-corrected chi connectivity index (χ4v) is 2.19. The molecule has 2 aromatic carbocycles. The summed E-state index contributed by atoms with van der Waals surface area (Å²) in [6.07, 6.45) is 0. The number of nitro groups is 1. The lowest BCUT2D eigenvalue weighted by atomic mass is 10.1. The monoisotopic (exact) mass is 382 g/mol. The van der Waals surface area contributed by atoms with E-state index in [1.54, 1.807) is 31.2 Å². The maximum atomic E-state index is 12.2. The van der Waals surface area contributed by atoms with Gasteiger partial charge in [0.25, 0.3) is 11.6 Å². The number of halogens is 1. The Morgan fingerprint density at radius 2 is 1.85 bits per heavy atom. The van der Waals surface area contributed by atoms with E-state index in [1.807, 2.05) is 12.1 Å².